The number of carbonyl (C=O) groups excluding carboxylic acids is 1. The molecule has 6 nitrogen and oxygen atoms in total. The SMILES string of the molecule is CCCCc1nc2ccc(NS(=O)(=O)c3ccc(C(C)=O)cc3)cc2[nH]1. The molecule has 2 aromatic carbocycles. The van der Waals surface area contributed by atoms with Gasteiger partial charge in [-0.1, -0.05) is 25.5 Å². The topological polar surface area (TPSA) is 91.9 Å². The maximum Gasteiger partial charge on any atom is 0.261 e. The Morgan fingerprint density at radius 2 is 1.88 bits per heavy atom. The first-order valence-corrected chi connectivity index (χ1v) is 10.00. The molecule has 0 aliphatic heterocycles. The lowest BCUT2D eigenvalue weighted by molar-refractivity contribution is 0.101. The van der Waals surface area contributed by atoms with E-state index in [9.17, 15) is 13.2 Å². The van der Waals surface area contributed by atoms with Crippen LogP contribution in [0.2, 0.25) is 0 Å². The molecule has 0 bridgehead atoms. The van der Waals surface area contributed by atoms with Crippen molar-refractivity contribution in [1.29, 1.82) is 0 Å². The number of sulfonamides is 1. The van der Waals surface area contributed by atoms with Gasteiger partial charge in [0.25, 0.3) is 10.0 Å². The van der Waals surface area contributed by atoms with E-state index in [1.165, 1.54) is 31.2 Å². The molecule has 0 saturated carbocycles. The number of benzene rings is 2. The second kappa shape index (κ2) is 7.29. The number of unbranched alkanes of at least 4 members (excludes halogenated alkanes) is 1. The zero-order valence-electron chi connectivity index (χ0n) is 14.7. The lowest BCUT2D eigenvalue weighted by Gasteiger charge is -2.08. The maximum absolute atomic E-state index is 12.5. The van der Waals surface area contributed by atoms with Gasteiger partial charge in [-0.3, -0.25) is 9.52 Å². The van der Waals surface area contributed by atoms with Crippen LogP contribution in [-0.4, -0.2) is 24.2 Å². The van der Waals surface area contributed by atoms with Crippen molar-refractivity contribution in [2.75, 3.05) is 4.72 Å². The maximum atomic E-state index is 12.5. The number of H-pyrrole nitrogens is 1. The van der Waals surface area contributed by atoms with Crippen molar-refractivity contribution in [3.05, 3.63) is 53.9 Å². The average molecular weight is 371 g/mol. The predicted octanol–water partition coefficient (Wildman–Crippen LogP) is 3.91. The first-order chi connectivity index (χ1) is 12.4. The second-order valence-electron chi connectivity index (χ2n) is 6.21. The van der Waals surface area contributed by atoms with Gasteiger partial charge in [-0.05, 0) is 43.7 Å². The molecule has 136 valence electrons. The molecular weight excluding hydrogens is 350 g/mol. The fraction of sp³-hybridized carbons (Fsp3) is 0.263. The van der Waals surface area contributed by atoms with Crippen molar-refractivity contribution in [1.82, 2.24) is 9.97 Å². The smallest absolute Gasteiger partial charge is 0.261 e. The molecule has 3 rings (SSSR count). The number of nitrogens with zero attached hydrogens (tertiary/aromatic N) is 1. The number of imidazole rings is 1. The first-order valence-electron chi connectivity index (χ1n) is 8.51. The van der Waals surface area contributed by atoms with Gasteiger partial charge in [0, 0.05) is 12.0 Å². The fourth-order valence-corrected chi connectivity index (χ4v) is 3.72. The number of hydrogen-bond donors (Lipinski definition) is 2. The summed E-state index contributed by atoms with van der Waals surface area (Å²) in [5.74, 6) is 0.798. The van der Waals surface area contributed by atoms with Crippen LogP contribution >= 0.6 is 0 Å². The van der Waals surface area contributed by atoms with Gasteiger partial charge in [-0.25, -0.2) is 13.4 Å². The van der Waals surface area contributed by atoms with Crippen LogP contribution in [0.3, 0.4) is 0 Å². The summed E-state index contributed by atoms with van der Waals surface area (Å²) in [5, 5.41) is 0. The Bertz CT molecular complexity index is 1040. The van der Waals surface area contributed by atoms with Gasteiger partial charge in [0.2, 0.25) is 0 Å². The second-order valence-corrected chi connectivity index (χ2v) is 7.89. The molecule has 0 radical (unpaired) electrons. The van der Waals surface area contributed by atoms with Crippen LogP contribution in [0, 0.1) is 0 Å². The van der Waals surface area contributed by atoms with Crippen molar-refractivity contribution in [3.63, 3.8) is 0 Å². The van der Waals surface area contributed by atoms with Crippen LogP contribution in [0.25, 0.3) is 11.0 Å². The number of fused-ring (bicyclic) bond motifs is 1. The third kappa shape index (κ3) is 3.94. The Labute approximate surface area is 152 Å². The highest BCUT2D eigenvalue weighted by molar-refractivity contribution is 7.92. The van der Waals surface area contributed by atoms with Gasteiger partial charge in [0.1, 0.15) is 5.82 Å². The van der Waals surface area contributed by atoms with E-state index < -0.39 is 10.0 Å². The summed E-state index contributed by atoms with van der Waals surface area (Å²) >= 11 is 0. The number of aromatic nitrogens is 2. The number of hydrogen-bond acceptors (Lipinski definition) is 4. The normalized spacial score (nSPS) is 11.6. The van der Waals surface area contributed by atoms with Gasteiger partial charge >= 0.3 is 0 Å². The Morgan fingerprint density at radius 3 is 2.54 bits per heavy atom. The lowest BCUT2D eigenvalue weighted by Crippen LogP contribution is -2.13. The summed E-state index contributed by atoms with van der Waals surface area (Å²) in [5.41, 5.74) is 2.54. The summed E-state index contributed by atoms with van der Waals surface area (Å²) in [6.07, 6.45) is 3.01. The summed E-state index contributed by atoms with van der Waals surface area (Å²) in [6.45, 7) is 3.56. The Kier molecular flexibility index (Phi) is 5.08. The molecule has 2 N–H and O–H groups in total. The predicted molar refractivity (Wildman–Crippen MR) is 102 cm³/mol. The van der Waals surface area contributed by atoms with Gasteiger partial charge in [0.05, 0.1) is 21.6 Å². The molecule has 0 fully saturated rings. The zero-order valence-corrected chi connectivity index (χ0v) is 15.6. The zero-order chi connectivity index (χ0) is 18.7. The summed E-state index contributed by atoms with van der Waals surface area (Å²) in [4.78, 5) is 19.2. The Balaban J connectivity index is 1.83. The van der Waals surface area contributed by atoms with E-state index in [4.69, 9.17) is 0 Å². The lowest BCUT2D eigenvalue weighted by atomic mass is 10.2. The molecule has 7 heteroatoms. The minimum Gasteiger partial charge on any atom is -0.342 e. The summed E-state index contributed by atoms with van der Waals surface area (Å²) < 4.78 is 27.7. The number of rotatable bonds is 7. The van der Waals surface area contributed by atoms with E-state index in [1.54, 1.807) is 18.2 Å². The van der Waals surface area contributed by atoms with Crippen molar-refractivity contribution >= 4 is 32.5 Å². The monoisotopic (exact) mass is 371 g/mol. The molecular formula is C19H21N3O3S. The number of aromatic amines is 1. The largest absolute Gasteiger partial charge is 0.342 e. The van der Waals surface area contributed by atoms with E-state index in [0.29, 0.717) is 11.3 Å². The van der Waals surface area contributed by atoms with E-state index >= 15 is 0 Å². The van der Waals surface area contributed by atoms with E-state index in [2.05, 4.69) is 21.6 Å². The minimum atomic E-state index is -3.73. The van der Waals surface area contributed by atoms with Crippen LogP contribution in [0.1, 0.15) is 42.9 Å². The highest BCUT2D eigenvalue weighted by atomic mass is 32.2. The van der Waals surface area contributed by atoms with Gasteiger partial charge in [-0.15, -0.1) is 0 Å². The van der Waals surface area contributed by atoms with E-state index in [0.717, 1.165) is 36.1 Å². The van der Waals surface area contributed by atoms with Crippen molar-refractivity contribution in [2.24, 2.45) is 0 Å². The fourth-order valence-electron chi connectivity index (χ4n) is 2.67. The Hall–Kier alpha value is -2.67. The van der Waals surface area contributed by atoms with E-state index in [1.807, 2.05) is 0 Å². The minimum absolute atomic E-state index is 0.106. The summed E-state index contributed by atoms with van der Waals surface area (Å²) in [6, 6.07) is 11.1. The number of ketones is 1. The molecule has 0 aliphatic carbocycles. The molecule has 0 atom stereocenters. The summed E-state index contributed by atoms with van der Waals surface area (Å²) in [7, 11) is -3.73. The molecule has 0 unspecified atom stereocenters. The third-order valence-electron chi connectivity index (χ3n) is 4.12. The van der Waals surface area contributed by atoms with Gasteiger partial charge < -0.3 is 4.98 Å². The molecule has 26 heavy (non-hydrogen) atoms. The van der Waals surface area contributed by atoms with Crippen LogP contribution < -0.4 is 4.72 Å². The highest BCUT2D eigenvalue weighted by Gasteiger charge is 2.15. The van der Waals surface area contributed by atoms with Crippen molar-refractivity contribution in [2.45, 2.75) is 38.0 Å². The van der Waals surface area contributed by atoms with Crippen molar-refractivity contribution < 1.29 is 13.2 Å². The molecule has 0 amide bonds. The molecule has 1 aromatic heterocycles. The first kappa shape index (κ1) is 18.1. The van der Waals surface area contributed by atoms with Crippen LogP contribution in [0.15, 0.2) is 47.4 Å². The number of carbonyl (C=O) groups is 1. The number of nitrogens with one attached hydrogen (secondary N) is 2. The molecule has 3 aromatic rings. The number of aryl methyl sites for hydroxylation is 1. The standard InChI is InChI=1S/C19H21N3O3S/c1-3-4-5-19-20-17-11-8-15(12-18(17)21-19)22-26(24,25)16-9-6-14(7-10-16)13(2)23/h6-12,22H,3-5H2,1-2H3,(H,20,21). The van der Waals surface area contributed by atoms with Gasteiger partial charge in [0.15, 0.2) is 5.78 Å². The van der Waals surface area contributed by atoms with Crippen LogP contribution in [0.4, 0.5) is 5.69 Å². The van der Waals surface area contributed by atoms with E-state index in [-0.39, 0.29) is 10.7 Å². The molecule has 0 aliphatic rings. The van der Waals surface area contributed by atoms with Crippen molar-refractivity contribution in [3.8, 4) is 0 Å². The number of Topliss-reactive ketones (excluding diaryl/α,β-unsaturated/α-hetero) is 1. The van der Waals surface area contributed by atoms with Crippen LogP contribution in [-0.2, 0) is 16.4 Å². The number of anilines is 1. The molecule has 1 heterocycles. The average Bonchev–Trinajstić information content (AvgIpc) is 3.01. The van der Waals surface area contributed by atoms with Crippen LogP contribution in [0.5, 0.6) is 0 Å². The third-order valence-corrected chi connectivity index (χ3v) is 5.52. The highest BCUT2D eigenvalue weighted by Crippen LogP contribution is 2.21. The molecule has 0 spiro atoms. The van der Waals surface area contributed by atoms with Gasteiger partial charge in [-0.2, -0.15) is 0 Å². The quantitative estimate of drug-likeness (QED) is 0.616. The molecule has 0 saturated heterocycles. The Morgan fingerprint density at radius 1 is 1.15 bits per heavy atom.